The van der Waals surface area contributed by atoms with Gasteiger partial charge < -0.3 is 10.1 Å². The van der Waals surface area contributed by atoms with Crippen molar-refractivity contribution in [3.05, 3.63) is 27.1 Å². The molecule has 1 N–H and O–H groups in total. The molecule has 1 saturated heterocycles. The van der Waals surface area contributed by atoms with E-state index in [9.17, 15) is 0 Å². The minimum Gasteiger partial charge on any atom is -0.380 e. The van der Waals surface area contributed by atoms with Crippen LogP contribution in [-0.4, -0.2) is 18.8 Å². The minimum absolute atomic E-state index is 0.201. The maximum Gasteiger partial charge on any atom is 0.0693 e. The van der Waals surface area contributed by atoms with Crippen molar-refractivity contribution in [2.75, 3.05) is 11.9 Å². The fraction of sp³-hybridized carbons (Fsp3) is 0.600. The first-order chi connectivity index (χ1) is 9.00. The highest BCUT2D eigenvalue weighted by atomic mass is 79.9. The van der Waals surface area contributed by atoms with Gasteiger partial charge in [-0.2, -0.15) is 0 Å². The molecule has 3 atom stereocenters. The molecular formula is C15H19Br2NO. The van der Waals surface area contributed by atoms with E-state index in [-0.39, 0.29) is 5.41 Å². The predicted molar refractivity (Wildman–Crippen MR) is 85.5 cm³/mol. The van der Waals surface area contributed by atoms with Crippen LogP contribution in [0.5, 0.6) is 0 Å². The molecule has 2 nitrogen and oxygen atoms in total. The van der Waals surface area contributed by atoms with Gasteiger partial charge in [0.2, 0.25) is 0 Å². The summed E-state index contributed by atoms with van der Waals surface area (Å²) in [6, 6.07) is 6.75. The highest BCUT2D eigenvalue weighted by Gasteiger charge is 2.57. The number of rotatable bonds is 2. The van der Waals surface area contributed by atoms with Gasteiger partial charge in [0.25, 0.3) is 0 Å². The van der Waals surface area contributed by atoms with Gasteiger partial charge in [-0.1, -0.05) is 29.8 Å². The molecule has 2 aliphatic rings. The summed E-state index contributed by atoms with van der Waals surface area (Å²) in [6.07, 6.45) is 2.89. The Morgan fingerprint density at radius 1 is 1.32 bits per heavy atom. The molecule has 0 radical (unpaired) electrons. The van der Waals surface area contributed by atoms with Crippen LogP contribution in [0.2, 0.25) is 0 Å². The maximum atomic E-state index is 5.95. The third-order valence-electron chi connectivity index (χ3n) is 4.57. The van der Waals surface area contributed by atoms with Crippen molar-refractivity contribution in [1.82, 2.24) is 0 Å². The van der Waals surface area contributed by atoms with Crippen LogP contribution in [-0.2, 0) is 4.74 Å². The first-order valence-corrected chi connectivity index (χ1v) is 8.42. The van der Waals surface area contributed by atoms with Crippen LogP contribution in [0.1, 0.15) is 26.7 Å². The second-order valence-corrected chi connectivity index (χ2v) is 7.94. The predicted octanol–water partition coefficient (Wildman–Crippen LogP) is 4.83. The number of ether oxygens (including phenoxy) is 1. The molecule has 1 aliphatic carbocycles. The largest absolute Gasteiger partial charge is 0.380 e. The lowest BCUT2D eigenvalue weighted by Gasteiger charge is -2.60. The third kappa shape index (κ3) is 2.36. The molecule has 3 rings (SSSR count). The highest BCUT2D eigenvalue weighted by molar-refractivity contribution is 9.11. The zero-order chi connectivity index (χ0) is 13.6. The number of hydrogen-bond acceptors (Lipinski definition) is 2. The summed E-state index contributed by atoms with van der Waals surface area (Å²) < 4.78 is 8.17. The van der Waals surface area contributed by atoms with E-state index in [1.807, 2.05) is 6.07 Å². The highest BCUT2D eigenvalue weighted by Crippen LogP contribution is 2.52. The summed E-state index contributed by atoms with van der Waals surface area (Å²) >= 11 is 7.16. The average molecular weight is 389 g/mol. The Morgan fingerprint density at radius 2 is 2.11 bits per heavy atom. The molecule has 0 spiro atoms. The smallest absolute Gasteiger partial charge is 0.0693 e. The van der Waals surface area contributed by atoms with E-state index in [1.165, 1.54) is 12.8 Å². The van der Waals surface area contributed by atoms with Crippen molar-refractivity contribution in [3.8, 4) is 0 Å². The van der Waals surface area contributed by atoms with Gasteiger partial charge in [-0.3, -0.25) is 0 Å². The maximum absolute atomic E-state index is 5.95. The Bertz CT molecular complexity index is 489. The summed E-state index contributed by atoms with van der Waals surface area (Å²) in [5, 5.41) is 3.72. The van der Waals surface area contributed by atoms with Crippen molar-refractivity contribution in [2.24, 2.45) is 11.3 Å². The molecule has 104 valence electrons. The first kappa shape index (κ1) is 13.9. The first-order valence-electron chi connectivity index (χ1n) is 6.83. The van der Waals surface area contributed by atoms with Crippen LogP contribution in [0.3, 0.4) is 0 Å². The SMILES string of the molecule is CC1(C)C(Nc2cc(Br)ccc2Br)C2CCCOC21. The molecule has 4 heteroatoms. The second-order valence-electron chi connectivity index (χ2n) is 6.17. The van der Waals surface area contributed by atoms with Crippen LogP contribution in [0.25, 0.3) is 0 Å². The van der Waals surface area contributed by atoms with Crippen LogP contribution < -0.4 is 5.32 Å². The van der Waals surface area contributed by atoms with Crippen molar-refractivity contribution >= 4 is 37.5 Å². The summed E-state index contributed by atoms with van der Waals surface area (Å²) in [4.78, 5) is 0. The van der Waals surface area contributed by atoms with Crippen LogP contribution in [0.15, 0.2) is 27.1 Å². The van der Waals surface area contributed by atoms with E-state index in [1.54, 1.807) is 0 Å². The fourth-order valence-electron chi connectivity index (χ4n) is 3.59. The van der Waals surface area contributed by atoms with Crippen molar-refractivity contribution in [1.29, 1.82) is 0 Å². The van der Waals surface area contributed by atoms with E-state index in [2.05, 4.69) is 63.2 Å². The quantitative estimate of drug-likeness (QED) is 0.783. The van der Waals surface area contributed by atoms with Crippen molar-refractivity contribution in [3.63, 3.8) is 0 Å². The summed E-state index contributed by atoms with van der Waals surface area (Å²) in [5.41, 5.74) is 1.36. The van der Waals surface area contributed by atoms with E-state index in [0.29, 0.717) is 18.1 Å². The van der Waals surface area contributed by atoms with Gasteiger partial charge in [-0.15, -0.1) is 0 Å². The normalized spacial score (nSPS) is 32.3. The van der Waals surface area contributed by atoms with Crippen LogP contribution in [0.4, 0.5) is 5.69 Å². The van der Waals surface area contributed by atoms with E-state index < -0.39 is 0 Å². The lowest BCUT2D eigenvalue weighted by molar-refractivity contribution is -0.177. The van der Waals surface area contributed by atoms with Gasteiger partial charge in [-0.05, 0) is 47.0 Å². The van der Waals surface area contributed by atoms with E-state index >= 15 is 0 Å². The Morgan fingerprint density at radius 3 is 2.89 bits per heavy atom. The van der Waals surface area contributed by atoms with Gasteiger partial charge in [-0.25, -0.2) is 0 Å². The van der Waals surface area contributed by atoms with Crippen molar-refractivity contribution < 1.29 is 4.74 Å². The molecule has 1 heterocycles. The van der Waals surface area contributed by atoms with Crippen LogP contribution in [0, 0.1) is 11.3 Å². The molecule has 1 saturated carbocycles. The topological polar surface area (TPSA) is 21.3 Å². The van der Waals surface area contributed by atoms with Gasteiger partial charge in [0.15, 0.2) is 0 Å². The molecule has 19 heavy (non-hydrogen) atoms. The second kappa shape index (κ2) is 5.05. The van der Waals surface area contributed by atoms with Gasteiger partial charge in [0, 0.05) is 38.6 Å². The zero-order valence-electron chi connectivity index (χ0n) is 11.2. The lowest BCUT2D eigenvalue weighted by Crippen LogP contribution is -2.67. The fourth-order valence-corrected chi connectivity index (χ4v) is 4.31. The standard InChI is InChI=1S/C15H19Br2NO/c1-15(2)13(10-4-3-7-19-14(10)15)18-12-8-9(16)5-6-11(12)17/h5-6,8,10,13-14,18H,3-4,7H2,1-2H3. The number of nitrogens with one attached hydrogen (secondary N) is 1. The average Bonchev–Trinajstić information content (AvgIpc) is 2.39. The molecule has 0 amide bonds. The number of hydrogen-bond donors (Lipinski definition) is 1. The van der Waals surface area contributed by atoms with Crippen LogP contribution >= 0.6 is 31.9 Å². The summed E-state index contributed by atoms with van der Waals surface area (Å²) in [6.45, 7) is 5.55. The van der Waals surface area contributed by atoms with Crippen molar-refractivity contribution in [2.45, 2.75) is 38.8 Å². The monoisotopic (exact) mass is 387 g/mol. The molecular weight excluding hydrogens is 370 g/mol. The van der Waals surface area contributed by atoms with Gasteiger partial charge >= 0.3 is 0 Å². The zero-order valence-corrected chi connectivity index (χ0v) is 14.4. The summed E-state index contributed by atoms with van der Waals surface area (Å²) in [7, 11) is 0. The lowest BCUT2D eigenvalue weighted by atomic mass is 9.55. The Kier molecular flexibility index (Phi) is 3.69. The van der Waals surface area contributed by atoms with E-state index in [0.717, 1.165) is 21.2 Å². The number of anilines is 1. The molecule has 0 bridgehead atoms. The molecule has 1 aromatic rings. The van der Waals surface area contributed by atoms with Gasteiger partial charge in [0.05, 0.1) is 6.10 Å². The number of benzene rings is 1. The van der Waals surface area contributed by atoms with Gasteiger partial charge in [0.1, 0.15) is 0 Å². The molecule has 1 aromatic carbocycles. The van der Waals surface area contributed by atoms with E-state index in [4.69, 9.17) is 4.74 Å². The molecule has 2 fully saturated rings. The Labute approximate surface area is 131 Å². The Balaban J connectivity index is 1.81. The molecule has 3 unspecified atom stereocenters. The number of fused-ring (bicyclic) bond motifs is 1. The molecule has 0 aromatic heterocycles. The molecule has 1 aliphatic heterocycles. The Hall–Kier alpha value is -0.0600. The number of halogens is 2. The minimum atomic E-state index is 0.201. The summed E-state index contributed by atoms with van der Waals surface area (Å²) in [5.74, 6) is 0.648. The third-order valence-corrected chi connectivity index (χ3v) is 5.76.